The molecule has 18 heavy (non-hydrogen) atoms. The lowest BCUT2D eigenvalue weighted by atomic mass is 9.87. The van der Waals surface area contributed by atoms with E-state index in [1.54, 1.807) is 0 Å². The van der Waals surface area contributed by atoms with E-state index in [2.05, 4.69) is 45.9 Å². The van der Waals surface area contributed by atoms with Crippen molar-refractivity contribution in [3.05, 3.63) is 47.0 Å². The first-order valence-electron chi connectivity index (χ1n) is 6.56. The standard InChI is InChI=1S/C17H20O/c1-11(2)15-7-5-6-14-8-13(10-18)9-16(12(3)4)17(14)15/h5-12H,1-4H3. The van der Waals surface area contributed by atoms with Gasteiger partial charge < -0.3 is 0 Å². The van der Waals surface area contributed by atoms with Gasteiger partial charge in [0.05, 0.1) is 0 Å². The minimum atomic E-state index is 0.423. The Morgan fingerprint density at radius 3 is 2.17 bits per heavy atom. The second-order valence-electron chi connectivity index (χ2n) is 5.48. The molecule has 2 aromatic rings. The largest absolute Gasteiger partial charge is 0.298 e. The molecule has 2 rings (SSSR count). The highest BCUT2D eigenvalue weighted by Gasteiger charge is 2.12. The van der Waals surface area contributed by atoms with Gasteiger partial charge >= 0.3 is 0 Å². The molecule has 0 saturated heterocycles. The first kappa shape index (κ1) is 12.8. The molecule has 0 fully saturated rings. The molecule has 1 heteroatoms. The van der Waals surface area contributed by atoms with Gasteiger partial charge in [-0.1, -0.05) is 45.9 Å². The molecule has 0 aliphatic rings. The van der Waals surface area contributed by atoms with Crippen LogP contribution in [0.5, 0.6) is 0 Å². The van der Waals surface area contributed by atoms with Crippen LogP contribution in [0.1, 0.15) is 61.0 Å². The zero-order valence-electron chi connectivity index (χ0n) is 11.5. The molecule has 0 radical (unpaired) electrons. The van der Waals surface area contributed by atoms with Gasteiger partial charge in [0.25, 0.3) is 0 Å². The van der Waals surface area contributed by atoms with Crippen LogP contribution in [0.15, 0.2) is 30.3 Å². The van der Waals surface area contributed by atoms with Gasteiger partial charge in [-0.15, -0.1) is 0 Å². The smallest absolute Gasteiger partial charge is 0.150 e. The van der Waals surface area contributed by atoms with Crippen LogP contribution in [0, 0.1) is 0 Å². The molecule has 1 nitrogen and oxygen atoms in total. The molecular formula is C17H20O. The lowest BCUT2D eigenvalue weighted by Gasteiger charge is -2.17. The molecular weight excluding hydrogens is 220 g/mol. The van der Waals surface area contributed by atoms with E-state index in [9.17, 15) is 4.79 Å². The van der Waals surface area contributed by atoms with Crippen LogP contribution in [-0.4, -0.2) is 6.29 Å². The predicted octanol–water partition coefficient (Wildman–Crippen LogP) is 4.90. The summed E-state index contributed by atoms with van der Waals surface area (Å²) in [6.07, 6.45) is 0.938. The lowest BCUT2D eigenvalue weighted by molar-refractivity contribution is 0.112. The van der Waals surface area contributed by atoms with Crippen molar-refractivity contribution in [2.75, 3.05) is 0 Å². The summed E-state index contributed by atoms with van der Waals surface area (Å²) in [5, 5.41) is 2.50. The Labute approximate surface area is 109 Å². The zero-order chi connectivity index (χ0) is 13.3. The Balaban J connectivity index is 2.87. The van der Waals surface area contributed by atoms with Crippen LogP contribution < -0.4 is 0 Å². The summed E-state index contributed by atoms with van der Waals surface area (Å²) in [5.41, 5.74) is 3.42. The number of aldehydes is 1. The SMILES string of the molecule is CC(C)c1cccc2cc(C=O)cc(C(C)C)c12. The number of carbonyl (C=O) groups is 1. The second-order valence-corrected chi connectivity index (χ2v) is 5.48. The summed E-state index contributed by atoms with van der Waals surface area (Å²) in [6, 6.07) is 10.4. The second kappa shape index (κ2) is 4.93. The molecule has 0 unspecified atom stereocenters. The Bertz CT molecular complexity index is 579. The molecule has 0 heterocycles. The van der Waals surface area contributed by atoms with Gasteiger partial charge in [-0.2, -0.15) is 0 Å². The maximum absolute atomic E-state index is 11.0. The highest BCUT2D eigenvalue weighted by Crippen LogP contribution is 2.33. The predicted molar refractivity (Wildman–Crippen MR) is 77.5 cm³/mol. The number of hydrogen-bond acceptors (Lipinski definition) is 1. The van der Waals surface area contributed by atoms with E-state index in [-0.39, 0.29) is 0 Å². The number of fused-ring (bicyclic) bond motifs is 1. The monoisotopic (exact) mass is 240 g/mol. The molecule has 0 spiro atoms. The maximum atomic E-state index is 11.0. The normalized spacial score (nSPS) is 11.4. The van der Waals surface area contributed by atoms with Crippen molar-refractivity contribution in [3.8, 4) is 0 Å². The number of carbonyl (C=O) groups excluding carboxylic acids is 1. The van der Waals surface area contributed by atoms with Crippen molar-refractivity contribution < 1.29 is 4.79 Å². The molecule has 2 aromatic carbocycles. The molecule has 0 aliphatic heterocycles. The van der Waals surface area contributed by atoms with E-state index in [4.69, 9.17) is 0 Å². The Morgan fingerprint density at radius 1 is 0.944 bits per heavy atom. The Kier molecular flexibility index (Phi) is 3.51. The van der Waals surface area contributed by atoms with Crippen molar-refractivity contribution in [1.82, 2.24) is 0 Å². The average molecular weight is 240 g/mol. The number of hydrogen-bond donors (Lipinski definition) is 0. The Hall–Kier alpha value is -1.63. The fraction of sp³-hybridized carbons (Fsp3) is 0.353. The summed E-state index contributed by atoms with van der Waals surface area (Å²) in [4.78, 5) is 11.0. The quantitative estimate of drug-likeness (QED) is 0.697. The third-order valence-electron chi connectivity index (χ3n) is 3.44. The van der Waals surface area contributed by atoms with Crippen molar-refractivity contribution in [3.63, 3.8) is 0 Å². The topological polar surface area (TPSA) is 17.1 Å². The van der Waals surface area contributed by atoms with Crippen LogP contribution in [0.2, 0.25) is 0 Å². The van der Waals surface area contributed by atoms with Gasteiger partial charge in [0.2, 0.25) is 0 Å². The van der Waals surface area contributed by atoms with E-state index in [0.717, 1.165) is 11.8 Å². The van der Waals surface area contributed by atoms with Crippen molar-refractivity contribution in [1.29, 1.82) is 0 Å². The molecule has 0 aliphatic carbocycles. The zero-order valence-corrected chi connectivity index (χ0v) is 11.5. The maximum Gasteiger partial charge on any atom is 0.150 e. The summed E-state index contributed by atoms with van der Waals surface area (Å²) < 4.78 is 0. The number of benzene rings is 2. The van der Waals surface area contributed by atoms with Crippen LogP contribution >= 0.6 is 0 Å². The molecule has 0 saturated carbocycles. The number of rotatable bonds is 3. The first-order chi connectivity index (χ1) is 8.54. The molecule has 0 N–H and O–H groups in total. The van der Waals surface area contributed by atoms with Gasteiger partial charge in [-0.05, 0) is 45.9 Å². The van der Waals surface area contributed by atoms with Crippen molar-refractivity contribution in [2.45, 2.75) is 39.5 Å². The van der Waals surface area contributed by atoms with E-state index >= 15 is 0 Å². The highest BCUT2D eigenvalue weighted by molar-refractivity contribution is 5.94. The van der Waals surface area contributed by atoms with Crippen LogP contribution in [0.25, 0.3) is 10.8 Å². The fourth-order valence-corrected chi connectivity index (χ4v) is 2.52. The van der Waals surface area contributed by atoms with Gasteiger partial charge in [0, 0.05) is 5.56 Å². The van der Waals surface area contributed by atoms with Crippen molar-refractivity contribution >= 4 is 17.1 Å². The fourth-order valence-electron chi connectivity index (χ4n) is 2.52. The van der Waals surface area contributed by atoms with Gasteiger partial charge in [-0.25, -0.2) is 0 Å². The van der Waals surface area contributed by atoms with E-state index in [1.807, 2.05) is 12.1 Å². The summed E-state index contributed by atoms with van der Waals surface area (Å²) >= 11 is 0. The molecule has 94 valence electrons. The van der Waals surface area contributed by atoms with Gasteiger partial charge in [0.1, 0.15) is 6.29 Å². The molecule has 0 atom stereocenters. The van der Waals surface area contributed by atoms with Crippen molar-refractivity contribution in [2.24, 2.45) is 0 Å². The van der Waals surface area contributed by atoms with E-state index < -0.39 is 0 Å². The minimum Gasteiger partial charge on any atom is -0.298 e. The summed E-state index contributed by atoms with van der Waals surface area (Å²) in [7, 11) is 0. The van der Waals surface area contributed by atoms with Crippen LogP contribution in [0.4, 0.5) is 0 Å². The average Bonchev–Trinajstić information content (AvgIpc) is 2.36. The van der Waals surface area contributed by atoms with Gasteiger partial charge in [-0.3, -0.25) is 4.79 Å². The molecule has 0 amide bonds. The molecule has 0 bridgehead atoms. The summed E-state index contributed by atoms with van der Waals surface area (Å²) in [6.45, 7) is 8.79. The third kappa shape index (κ3) is 2.17. The van der Waals surface area contributed by atoms with Crippen LogP contribution in [0.3, 0.4) is 0 Å². The van der Waals surface area contributed by atoms with E-state index in [0.29, 0.717) is 11.8 Å². The van der Waals surface area contributed by atoms with Crippen LogP contribution in [-0.2, 0) is 0 Å². The minimum absolute atomic E-state index is 0.423. The highest BCUT2D eigenvalue weighted by atomic mass is 16.1. The van der Waals surface area contributed by atoms with E-state index in [1.165, 1.54) is 21.9 Å². The Morgan fingerprint density at radius 2 is 1.61 bits per heavy atom. The first-order valence-corrected chi connectivity index (χ1v) is 6.56. The summed E-state index contributed by atoms with van der Waals surface area (Å²) in [5.74, 6) is 0.917. The third-order valence-corrected chi connectivity index (χ3v) is 3.44. The lowest BCUT2D eigenvalue weighted by Crippen LogP contribution is -1.98. The molecule has 0 aromatic heterocycles. The van der Waals surface area contributed by atoms with Gasteiger partial charge in [0.15, 0.2) is 0 Å².